The minimum atomic E-state index is -0.283. The number of para-hydroxylation sites is 1. The first-order valence-electron chi connectivity index (χ1n) is 10.2. The molecule has 3 aromatic rings. The van der Waals surface area contributed by atoms with Crippen molar-refractivity contribution in [3.05, 3.63) is 71.0 Å². The number of nitrogens with zero attached hydrogens (tertiary/aromatic N) is 2. The first kappa shape index (κ1) is 19.9. The van der Waals surface area contributed by atoms with Gasteiger partial charge in [-0.05, 0) is 24.6 Å². The van der Waals surface area contributed by atoms with Gasteiger partial charge in [0.15, 0.2) is 0 Å². The van der Waals surface area contributed by atoms with Gasteiger partial charge in [-0.2, -0.15) is 0 Å². The van der Waals surface area contributed by atoms with Gasteiger partial charge in [-0.1, -0.05) is 37.3 Å². The quantitative estimate of drug-likeness (QED) is 0.558. The molecule has 154 valence electrons. The van der Waals surface area contributed by atoms with Crippen LogP contribution in [0.3, 0.4) is 0 Å². The molecule has 1 aliphatic heterocycles. The van der Waals surface area contributed by atoms with E-state index in [9.17, 15) is 14.4 Å². The molecule has 6 nitrogen and oxygen atoms in total. The van der Waals surface area contributed by atoms with Gasteiger partial charge in [-0.25, -0.2) is 0 Å². The lowest BCUT2D eigenvalue weighted by Crippen LogP contribution is -2.32. The maximum atomic E-state index is 12.7. The van der Waals surface area contributed by atoms with E-state index in [-0.39, 0.29) is 30.7 Å². The second kappa shape index (κ2) is 8.14. The van der Waals surface area contributed by atoms with Crippen LogP contribution in [0, 0.1) is 0 Å². The first-order chi connectivity index (χ1) is 14.5. The van der Waals surface area contributed by atoms with Gasteiger partial charge < -0.3 is 9.32 Å². The van der Waals surface area contributed by atoms with Crippen LogP contribution in [0.25, 0.3) is 11.0 Å². The van der Waals surface area contributed by atoms with Gasteiger partial charge in [0.2, 0.25) is 5.91 Å². The molecular formula is C24H24N2O4. The number of furan rings is 1. The lowest BCUT2D eigenvalue weighted by atomic mass is 10.1. The van der Waals surface area contributed by atoms with E-state index in [1.807, 2.05) is 31.2 Å². The van der Waals surface area contributed by atoms with Crippen molar-refractivity contribution >= 4 is 28.7 Å². The van der Waals surface area contributed by atoms with Crippen molar-refractivity contribution < 1.29 is 18.8 Å². The number of carbonyl (C=O) groups is 3. The van der Waals surface area contributed by atoms with Crippen LogP contribution in [-0.4, -0.2) is 41.1 Å². The monoisotopic (exact) mass is 404 g/mol. The van der Waals surface area contributed by atoms with E-state index < -0.39 is 0 Å². The molecule has 1 aliphatic rings. The molecule has 0 saturated carbocycles. The fourth-order valence-corrected chi connectivity index (χ4v) is 3.96. The summed E-state index contributed by atoms with van der Waals surface area (Å²) < 4.78 is 5.91. The van der Waals surface area contributed by atoms with Gasteiger partial charge in [0.1, 0.15) is 11.3 Å². The van der Waals surface area contributed by atoms with E-state index in [1.54, 1.807) is 36.2 Å². The number of amides is 3. The Hall–Kier alpha value is -3.41. The third-order valence-corrected chi connectivity index (χ3v) is 5.57. The molecule has 1 aromatic heterocycles. The molecule has 0 fully saturated rings. The highest BCUT2D eigenvalue weighted by molar-refractivity contribution is 6.21. The van der Waals surface area contributed by atoms with E-state index in [1.165, 1.54) is 4.90 Å². The summed E-state index contributed by atoms with van der Waals surface area (Å²) in [5.74, 6) is 0.295. The lowest BCUT2D eigenvalue weighted by molar-refractivity contribution is -0.130. The second-order valence-electron chi connectivity index (χ2n) is 7.51. The van der Waals surface area contributed by atoms with E-state index in [2.05, 4.69) is 0 Å². The van der Waals surface area contributed by atoms with Crippen molar-refractivity contribution in [1.82, 2.24) is 9.80 Å². The van der Waals surface area contributed by atoms with Gasteiger partial charge >= 0.3 is 0 Å². The van der Waals surface area contributed by atoms with Crippen molar-refractivity contribution in [2.45, 2.75) is 32.7 Å². The summed E-state index contributed by atoms with van der Waals surface area (Å²) in [6.07, 6.45) is 1.45. The highest BCUT2D eigenvalue weighted by Gasteiger charge is 2.34. The zero-order chi connectivity index (χ0) is 21.3. The van der Waals surface area contributed by atoms with Crippen LogP contribution in [0.4, 0.5) is 0 Å². The first-order valence-corrected chi connectivity index (χ1v) is 10.2. The Bertz CT molecular complexity index is 1100. The molecule has 0 N–H and O–H groups in total. The van der Waals surface area contributed by atoms with E-state index in [4.69, 9.17) is 4.42 Å². The number of imide groups is 1. The molecule has 2 heterocycles. The van der Waals surface area contributed by atoms with Gasteiger partial charge in [0, 0.05) is 43.9 Å². The molecule has 2 aromatic carbocycles. The van der Waals surface area contributed by atoms with Crippen LogP contribution in [0.5, 0.6) is 0 Å². The molecule has 0 radical (unpaired) electrons. The molecule has 0 saturated heterocycles. The Labute approximate surface area is 175 Å². The van der Waals surface area contributed by atoms with Gasteiger partial charge in [-0.15, -0.1) is 0 Å². The molecule has 30 heavy (non-hydrogen) atoms. The number of fused-ring (bicyclic) bond motifs is 2. The topological polar surface area (TPSA) is 70.8 Å². The summed E-state index contributed by atoms with van der Waals surface area (Å²) in [5.41, 5.74) is 2.73. The summed E-state index contributed by atoms with van der Waals surface area (Å²) in [6.45, 7) is 2.73. The molecule has 0 aliphatic carbocycles. The molecule has 0 spiro atoms. The van der Waals surface area contributed by atoms with Crippen molar-refractivity contribution in [2.24, 2.45) is 0 Å². The third-order valence-electron chi connectivity index (χ3n) is 5.57. The Balaban J connectivity index is 1.36. The highest BCUT2D eigenvalue weighted by atomic mass is 16.3. The number of carbonyl (C=O) groups excluding carboxylic acids is 3. The average Bonchev–Trinajstić information content (AvgIpc) is 3.24. The SMILES string of the molecule is CCc1oc2ccccc2c1CN(C)C(=O)CCCN1C(=O)c2ccccc2C1=O. The fourth-order valence-electron chi connectivity index (χ4n) is 3.96. The number of rotatable bonds is 7. The van der Waals surface area contributed by atoms with Crippen LogP contribution in [0.15, 0.2) is 52.9 Å². The van der Waals surface area contributed by atoms with E-state index >= 15 is 0 Å². The molecule has 0 unspecified atom stereocenters. The van der Waals surface area contributed by atoms with E-state index in [0.29, 0.717) is 24.1 Å². The molecule has 0 bridgehead atoms. The number of aryl methyl sites for hydroxylation is 1. The van der Waals surface area contributed by atoms with Gasteiger partial charge in [0.25, 0.3) is 11.8 Å². The van der Waals surface area contributed by atoms with Crippen LogP contribution in [0.2, 0.25) is 0 Å². The number of benzene rings is 2. The van der Waals surface area contributed by atoms with Crippen LogP contribution >= 0.6 is 0 Å². The summed E-state index contributed by atoms with van der Waals surface area (Å²) in [7, 11) is 1.77. The summed E-state index contributed by atoms with van der Waals surface area (Å²) >= 11 is 0. The Morgan fingerprint density at radius 1 is 1.00 bits per heavy atom. The Kier molecular flexibility index (Phi) is 5.40. The van der Waals surface area contributed by atoms with Crippen LogP contribution < -0.4 is 0 Å². The Morgan fingerprint density at radius 3 is 2.30 bits per heavy atom. The zero-order valence-corrected chi connectivity index (χ0v) is 17.2. The zero-order valence-electron chi connectivity index (χ0n) is 17.2. The van der Waals surface area contributed by atoms with Crippen molar-refractivity contribution in [1.29, 1.82) is 0 Å². The highest BCUT2D eigenvalue weighted by Crippen LogP contribution is 2.27. The summed E-state index contributed by atoms with van der Waals surface area (Å²) in [4.78, 5) is 40.4. The lowest BCUT2D eigenvalue weighted by Gasteiger charge is -2.19. The largest absolute Gasteiger partial charge is 0.461 e. The minimum Gasteiger partial charge on any atom is -0.461 e. The number of hydrogen-bond acceptors (Lipinski definition) is 4. The summed E-state index contributed by atoms with van der Waals surface area (Å²) in [6, 6.07) is 14.7. The standard InChI is InChI=1S/C24H24N2O4/c1-3-20-19(16-9-6-7-12-21(16)30-20)15-25(2)22(27)13-8-14-26-23(28)17-10-4-5-11-18(17)24(26)29/h4-7,9-12H,3,8,13-15H2,1-2H3. The average molecular weight is 404 g/mol. The van der Waals surface area contributed by atoms with Gasteiger partial charge in [-0.3, -0.25) is 19.3 Å². The molecule has 6 heteroatoms. The predicted molar refractivity (Wildman–Crippen MR) is 113 cm³/mol. The van der Waals surface area contributed by atoms with Crippen LogP contribution in [0.1, 0.15) is 51.8 Å². The molecule has 3 amide bonds. The van der Waals surface area contributed by atoms with E-state index in [0.717, 1.165) is 28.7 Å². The summed E-state index contributed by atoms with van der Waals surface area (Å²) in [5, 5.41) is 1.03. The molecule has 4 rings (SSSR count). The molecule has 0 atom stereocenters. The van der Waals surface area contributed by atoms with Gasteiger partial charge in [0.05, 0.1) is 11.1 Å². The van der Waals surface area contributed by atoms with Crippen molar-refractivity contribution in [2.75, 3.05) is 13.6 Å². The normalized spacial score (nSPS) is 13.2. The smallest absolute Gasteiger partial charge is 0.261 e. The van der Waals surface area contributed by atoms with Crippen LogP contribution in [-0.2, 0) is 17.8 Å². The Morgan fingerprint density at radius 2 is 1.63 bits per heavy atom. The number of hydrogen-bond donors (Lipinski definition) is 0. The van der Waals surface area contributed by atoms with Crippen molar-refractivity contribution in [3.63, 3.8) is 0 Å². The van der Waals surface area contributed by atoms with Crippen molar-refractivity contribution in [3.8, 4) is 0 Å². The third kappa shape index (κ3) is 3.49. The predicted octanol–water partition coefficient (Wildman–Crippen LogP) is 4.03. The maximum Gasteiger partial charge on any atom is 0.261 e. The fraction of sp³-hybridized carbons (Fsp3) is 0.292. The molecular weight excluding hydrogens is 380 g/mol. The minimum absolute atomic E-state index is 0.0288. The maximum absolute atomic E-state index is 12.7. The second-order valence-corrected chi connectivity index (χ2v) is 7.51.